The zero-order valence-electron chi connectivity index (χ0n) is 13.1. The third kappa shape index (κ3) is 4.77. The average molecular weight is 309 g/mol. The van der Waals surface area contributed by atoms with Crippen molar-refractivity contribution in [1.29, 1.82) is 0 Å². The quantitative estimate of drug-likeness (QED) is 0.787. The Kier molecular flexibility index (Phi) is 6.75. The van der Waals surface area contributed by atoms with E-state index in [0.29, 0.717) is 12.0 Å². The minimum absolute atomic E-state index is 0.257. The Bertz CT molecular complexity index is 487. The summed E-state index contributed by atoms with van der Waals surface area (Å²) in [6.07, 6.45) is 3.35. The summed E-state index contributed by atoms with van der Waals surface area (Å²) in [5.41, 5.74) is 0.729. The van der Waals surface area contributed by atoms with Gasteiger partial charge in [0.1, 0.15) is 5.54 Å². The van der Waals surface area contributed by atoms with Gasteiger partial charge in [0, 0.05) is 11.3 Å². The maximum absolute atomic E-state index is 12.3. The Balaban J connectivity index is 2.84. The highest BCUT2D eigenvalue weighted by Gasteiger charge is 2.35. The fourth-order valence-electron chi connectivity index (χ4n) is 2.18. The van der Waals surface area contributed by atoms with E-state index in [1.807, 2.05) is 25.3 Å². The molecule has 0 aliphatic heterocycles. The molecule has 116 valence electrons. The number of ether oxygens (including phenoxy) is 1. The van der Waals surface area contributed by atoms with Crippen LogP contribution in [-0.4, -0.2) is 30.8 Å². The van der Waals surface area contributed by atoms with Crippen LogP contribution in [0.1, 0.15) is 42.6 Å². The molecule has 0 aromatic heterocycles. The van der Waals surface area contributed by atoms with Crippen molar-refractivity contribution < 1.29 is 14.3 Å². The third-order valence-electron chi connectivity index (χ3n) is 3.30. The lowest BCUT2D eigenvalue weighted by molar-refractivity contribution is -0.147. The standard InChI is InChI=1S/C16H23NO3S/c1-5-10-16(2,15(19)20-3)17-14(18)13-8-6-12(7-9-13)11-21-4/h6-9H,5,10-11H2,1-4H3,(H,17,18). The van der Waals surface area contributed by atoms with Crippen LogP contribution in [0.2, 0.25) is 0 Å². The fraction of sp³-hybridized carbons (Fsp3) is 0.500. The van der Waals surface area contributed by atoms with Gasteiger partial charge in [0.15, 0.2) is 0 Å². The Morgan fingerprint density at radius 3 is 2.38 bits per heavy atom. The van der Waals surface area contributed by atoms with Crippen molar-refractivity contribution in [3.8, 4) is 0 Å². The molecule has 0 saturated carbocycles. The second kappa shape index (κ2) is 8.08. The van der Waals surface area contributed by atoms with Crippen LogP contribution in [0.25, 0.3) is 0 Å². The number of esters is 1. The number of nitrogens with one attached hydrogen (secondary N) is 1. The van der Waals surface area contributed by atoms with Gasteiger partial charge < -0.3 is 10.1 Å². The van der Waals surface area contributed by atoms with Crippen molar-refractivity contribution in [2.45, 2.75) is 38.0 Å². The number of benzene rings is 1. The molecule has 1 atom stereocenters. The minimum atomic E-state index is -0.988. The molecule has 1 aromatic rings. The lowest BCUT2D eigenvalue weighted by Crippen LogP contribution is -2.52. The molecule has 0 spiro atoms. The normalized spacial score (nSPS) is 13.3. The van der Waals surface area contributed by atoms with E-state index in [1.54, 1.807) is 30.8 Å². The zero-order chi connectivity index (χ0) is 15.9. The van der Waals surface area contributed by atoms with E-state index in [2.05, 4.69) is 5.32 Å². The number of thioether (sulfide) groups is 1. The number of carbonyl (C=O) groups excluding carboxylic acids is 2. The van der Waals surface area contributed by atoms with E-state index in [9.17, 15) is 9.59 Å². The van der Waals surface area contributed by atoms with E-state index in [1.165, 1.54) is 12.7 Å². The summed E-state index contributed by atoms with van der Waals surface area (Å²) in [5, 5.41) is 2.79. The van der Waals surface area contributed by atoms with Crippen LogP contribution in [0.3, 0.4) is 0 Å². The Labute approximate surface area is 130 Å². The van der Waals surface area contributed by atoms with Crippen LogP contribution in [0.15, 0.2) is 24.3 Å². The molecule has 5 heteroatoms. The molecule has 21 heavy (non-hydrogen) atoms. The van der Waals surface area contributed by atoms with Crippen LogP contribution in [0, 0.1) is 0 Å². The van der Waals surface area contributed by atoms with E-state index >= 15 is 0 Å². The summed E-state index contributed by atoms with van der Waals surface area (Å²) in [5.74, 6) is 0.237. The monoisotopic (exact) mass is 309 g/mol. The highest BCUT2D eigenvalue weighted by molar-refractivity contribution is 7.97. The van der Waals surface area contributed by atoms with Gasteiger partial charge in [-0.05, 0) is 37.3 Å². The van der Waals surface area contributed by atoms with E-state index in [4.69, 9.17) is 4.74 Å². The topological polar surface area (TPSA) is 55.4 Å². The molecule has 0 bridgehead atoms. The van der Waals surface area contributed by atoms with Crippen LogP contribution in [-0.2, 0) is 15.3 Å². The number of hydrogen-bond donors (Lipinski definition) is 1. The molecule has 1 N–H and O–H groups in total. The highest BCUT2D eigenvalue weighted by atomic mass is 32.2. The Morgan fingerprint density at radius 2 is 1.90 bits per heavy atom. The predicted octanol–water partition coefficient (Wildman–Crippen LogP) is 3.01. The van der Waals surface area contributed by atoms with E-state index in [-0.39, 0.29) is 5.91 Å². The molecule has 0 aliphatic rings. The molecule has 1 aromatic carbocycles. The van der Waals surface area contributed by atoms with Crippen molar-refractivity contribution in [1.82, 2.24) is 5.32 Å². The maximum Gasteiger partial charge on any atom is 0.331 e. The minimum Gasteiger partial charge on any atom is -0.467 e. The molecule has 0 fully saturated rings. The first-order valence-corrected chi connectivity index (χ1v) is 8.35. The number of hydrogen-bond acceptors (Lipinski definition) is 4. The van der Waals surface area contributed by atoms with Crippen molar-refractivity contribution in [2.24, 2.45) is 0 Å². The van der Waals surface area contributed by atoms with Crippen LogP contribution in [0.5, 0.6) is 0 Å². The van der Waals surface area contributed by atoms with Crippen molar-refractivity contribution in [3.63, 3.8) is 0 Å². The van der Waals surface area contributed by atoms with Gasteiger partial charge in [0.05, 0.1) is 7.11 Å². The van der Waals surface area contributed by atoms with E-state index in [0.717, 1.165) is 12.2 Å². The summed E-state index contributed by atoms with van der Waals surface area (Å²) >= 11 is 1.73. The van der Waals surface area contributed by atoms with Gasteiger partial charge >= 0.3 is 5.97 Å². The molecule has 0 aliphatic carbocycles. The van der Waals surface area contributed by atoms with Gasteiger partial charge in [-0.1, -0.05) is 25.5 Å². The first kappa shape index (κ1) is 17.6. The smallest absolute Gasteiger partial charge is 0.331 e. The summed E-state index contributed by atoms with van der Waals surface area (Å²) in [6.45, 7) is 3.66. The Morgan fingerprint density at radius 1 is 1.29 bits per heavy atom. The number of methoxy groups -OCH3 is 1. The van der Waals surface area contributed by atoms with Crippen molar-refractivity contribution in [2.75, 3.05) is 13.4 Å². The molecule has 0 radical (unpaired) electrons. The SMILES string of the molecule is CCCC(C)(NC(=O)c1ccc(CSC)cc1)C(=O)OC. The highest BCUT2D eigenvalue weighted by Crippen LogP contribution is 2.16. The second-order valence-electron chi connectivity index (χ2n) is 5.16. The molecule has 0 heterocycles. The molecule has 1 unspecified atom stereocenters. The van der Waals surface area contributed by atoms with Gasteiger partial charge in [0.2, 0.25) is 0 Å². The molecular weight excluding hydrogens is 286 g/mol. The van der Waals surface area contributed by atoms with Crippen LogP contribution >= 0.6 is 11.8 Å². The molecular formula is C16H23NO3S. The third-order valence-corrected chi connectivity index (χ3v) is 3.92. The molecule has 0 saturated heterocycles. The number of rotatable bonds is 7. The largest absolute Gasteiger partial charge is 0.467 e. The molecule has 1 rings (SSSR count). The zero-order valence-corrected chi connectivity index (χ0v) is 13.9. The summed E-state index contributed by atoms with van der Waals surface area (Å²) in [6, 6.07) is 7.43. The van der Waals surface area contributed by atoms with Gasteiger partial charge in [-0.25, -0.2) is 4.79 Å². The van der Waals surface area contributed by atoms with Crippen LogP contribution in [0.4, 0.5) is 0 Å². The number of amides is 1. The molecule has 1 amide bonds. The maximum atomic E-state index is 12.3. The molecule has 4 nitrogen and oxygen atoms in total. The summed E-state index contributed by atoms with van der Waals surface area (Å²) < 4.78 is 4.80. The Hall–Kier alpha value is -1.49. The lowest BCUT2D eigenvalue weighted by Gasteiger charge is -2.27. The fourth-order valence-corrected chi connectivity index (χ4v) is 2.71. The van der Waals surface area contributed by atoms with Gasteiger partial charge in [-0.15, -0.1) is 0 Å². The first-order valence-electron chi connectivity index (χ1n) is 6.95. The summed E-state index contributed by atoms with van der Waals surface area (Å²) in [7, 11) is 1.33. The first-order chi connectivity index (χ1) is 9.96. The van der Waals surface area contributed by atoms with E-state index < -0.39 is 11.5 Å². The van der Waals surface area contributed by atoms with Gasteiger partial charge in [0.25, 0.3) is 5.91 Å². The predicted molar refractivity (Wildman–Crippen MR) is 86.5 cm³/mol. The second-order valence-corrected chi connectivity index (χ2v) is 6.02. The van der Waals surface area contributed by atoms with Gasteiger partial charge in [-0.2, -0.15) is 11.8 Å². The average Bonchev–Trinajstić information content (AvgIpc) is 2.47. The summed E-state index contributed by atoms with van der Waals surface area (Å²) in [4.78, 5) is 24.2. The van der Waals surface area contributed by atoms with Crippen LogP contribution < -0.4 is 5.32 Å². The van der Waals surface area contributed by atoms with Crippen molar-refractivity contribution >= 4 is 23.6 Å². The lowest BCUT2D eigenvalue weighted by atomic mass is 9.95. The number of carbonyl (C=O) groups is 2. The van der Waals surface area contributed by atoms with Gasteiger partial charge in [-0.3, -0.25) is 4.79 Å². The van der Waals surface area contributed by atoms with Crippen molar-refractivity contribution in [3.05, 3.63) is 35.4 Å².